The molecule has 0 bridgehead atoms. The zero-order valence-electron chi connectivity index (χ0n) is 16.4. The topological polar surface area (TPSA) is 67.2 Å². The number of hydrogen-bond acceptors (Lipinski definition) is 5. The highest BCUT2D eigenvalue weighted by molar-refractivity contribution is 5.80. The summed E-state index contributed by atoms with van der Waals surface area (Å²) in [4.78, 5) is 9.23. The number of aryl methyl sites for hydroxylation is 1. The third-order valence-corrected chi connectivity index (χ3v) is 5.16. The van der Waals surface area contributed by atoms with Crippen molar-refractivity contribution in [2.24, 2.45) is 12.0 Å². The van der Waals surface area contributed by atoms with Crippen LogP contribution >= 0.6 is 0 Å². The van der Waals surface area contributed by atoms with Crippen molar-refractivity contribution in [2.45, 2.75) is 25.5 Å². The predicted octanol–water partition coefficient (Wildman–Crippen LogP) is 0.480. The molecular formula is C18H32N6O2. The van der Waals surface area contributed by atoms with Gasteiger partial charge in [-0.15, -0.1) is 0 Å². The third kappa shape index (κ3) is 4.55. The average Bonchev–Trinajstić information content (AvgIpc) is 3.06. The molecular weight excluding hydrogens is 332 g/mol. The summed E-state index contributed by atoms with van der Waals surface area (Å²) in [7, 11) is 3.77. The fourth-order valence-electron chi connectivity index (χ4n) is 3.59. The summed E-state index contributed by atoms with van der Waals surface area (Å²) in [5.41, 5.74) is 1.20. The Labute approximate surface area is 156 Å². The van der Waals surface area contributed by atoms with E-state index in [9.17, 15) is 0 Å². The molecule has 0 radical (unpaired) electrons. The molecule has 1 aromatic heterocycles. The molecule has 2 aliphatic rings. The maximum atomic E-state index is 5.93. The lowest BCUT2D eigenvalue weighted by molar-refractivity contribution is -0.0498. The lowest BCUT2D eigenvalue weighted by atomic mass is 10.0. The number of aliphatic imine (C=N–C) groups is 1. The summed E-state index contributed by atoms with van der Waals surface area (Å²) < 4.78 is 13.3. The average molecular weight is 364 g/mol. The van der Waals surface area contributed by atoms with Gasteiger partial charge < -0.3 is 19.7 Å². The van der Waals surface area contributed by atoms with Crippen LogP contribution in [0.2, 0.25) is 0 Å². The molecule has 2 fully saturated rings. The molecule has 2 aliphatic heterocycles. The highest BCUT2D eigenvalue weighted by Gasteiger charge is 2.30. The summed E-state index contributed by atoms with van der Waals surface area (Å²) in [6, 6.07) is 0. The van der Waals surface area contributed by atoms with Gasteiger partial charge in [-0.25, -0.2) is 0 Å². The first-order valence-electron chi connectivity index (χ1n) is 9.38. The van der Waals surface area contributed by atoms with Gasteiger partial charge in [-0.05, 0) is 13.8 Å². The van der Waals surface area contributed by atoms with E-state index in [-0.39, 0.29) is 11.6 Å². The van der Waals surface area contributed by atoms with Gasteiger partial charge >= 0.3 is 0 Å². The number of rotatable bonds is 4. The minimum Gasteiger partial charge on any atom is -0.378 e. The number of guanidine groups is 1. The zero-order valence-corrected chi connectivity index (χ0v) is 16.4. The minimum absolute atomic E-state index is 0.0363. The van der Waals surface area contributed by atoms with Crippen LogP contribution in [0.4, 0.5) is 0 Å². The molecule has 1 unspecified atom stereocenters. The van der Waals surface area contributed by atoms with Crippen molar-refractivity contribution in [1.82, 2.24) is 24.9 Å². The van der Waals surface area contributed by atoms with Gasteiger partial charge in [-0.3, -0.25) is 14.6 Å². The maximum Gasteiger partial charge on any atom is 0.193 e. The van der Waals surface area contributed by atoms with Crippen molar-refractivity contribution in [2.75, 3.05) is 59.6 Å². The van der Waals surface area contributed by atoms with Crippen LogP contribution in [0.1, 0.15) is 25.5 Å². The molecule has 1 atom stereocenters. The first-order valence-corrected chi connectivity index (χ1v) is 9.38. The quantitative estimate of drug-likeness (QED) is 0.619. The summed E-state index contributed by atoms with van der Waals surface area (Å²) >= 11 is 0. The molecule has 8 heteroatoms. The normalized spacial score (nSPS) is 24.7. The number of nitrogens with one attached hydrogen (secondary N) is 1. The lowest BCUT2D eigenvalue weighted by Crippen LogP contribution is -2.55. The van der Waals surface area contributed by atoms with Crippen LogP contribution in [0.15, 0.2) is 17.4 Å². The largest absolute Gasteiger partial charge is 0.378 e. The van der Waals surface area contributed by atoms with Gasteiger partial charge in [0.25, 0.3) is 0 Å². The minimum atomic E-state index is 0.0363. The second-order valence-corrected chi connectivity index (χ2v) is 7.58. The molecule has 8 nitrogen and oxygen atoms in total. The van der Waals surface area contributed by atoms with Crippen LogP contribution in [0.5, 0.6) is 0 Å². The Morgan fingerprint density at radius 2 is 2.23 bits per heavy atom. The van der Waals surface area contributed by atoms with Gasteiger partial charge in [0.2, 0.25) is 0 Å². The molecule has 146 valence electrons. The first-order chi connectivity index (χ1) is 12.5. The molecule has 26 heavy (non-hydrogen) atoms. The van der Waals surface area contributed by atoms with E-state index >= 15 is 0 Å². The number of aromatic nitrogens is 2. The van der Waals surface area contributed by atoms with Gasteiger partial charge in [0.05, 0.1) is 32.6 Å². The molecule has 1 aromatic rings. The molecule has 0 spiro atoms. The fraction of sp³-hybridized carbons (Fsp3) is 0.778. The Hall–Kier alpha value is -1.64. The van der Waals surface area contributed by atoms with Crippen molar-refractivity contribution >= 4 is 5.96 Å². The summed E-state index contributed by atoms with van der Waals surface area (Å²) in [5, 5.41) is 7.77. The monoisotopic (exact) mass is 364 g/mol. The molecule has 3 rings (SSSR count). The summed E-state index contributed by atoms with van der Waals surface area (Å²) in [6.07, 6.45) is 3.93. The molecule has 0 amide bonds. The van der Waals surface area contributed by atoms with Crippen molar-refractivity contribution in [1.29, 1.82) is 0 Å². The number of morpholine rings is 2. The summed E-state index contributed by atoms with van der Waals surface area (Å²) in [5.74, 6) is 0.938. The summed E-state index contributed by atoms with van der Waals surface area (Å²) in [6.45, 7) is 11.2. The maximum absolute atomic E-state index is 5.93. The molecule has 0 saturated carbocycles. The Kier molecular flexibility index (Phi) is 6.16. The van der Waals surface area contributed by atoms with Gasteiger partial charge in [0.1, 0.15) is 6.10 Å². The van der Waals surface area contributed by atoms with E-state index in [0.29, 0.717) is 6.61 Å². The Morgan fingerprint density at radius 1 is 1.38 bits per heavy atom. The molecule has 1 N–H and O–H groups in total. The predicted molar refractivity (Wildman–Crippen MR) is 101 cm³/mol. The molecule has 3 heterocycles. The molecule has 2 saturated heterocycles. The van der Waals surface area contributed by atoms with Crippen LogP contribution in [-0.4, -0.2) is 90.7 Å². The Bertz CT molecular complexity index is 615. The highest BCUT2D eigenvalue weighted by Crippen LogP contribution is 2.21. The molecule has 0 aliphatic carbocycles. The van der Waals surface area contributed by atoms with Crippen LogP contribution < -0.4 is 5.32 Å². The standard InChI is InChI=1S/C18H32N6O2/c1-18(2)14-25-9-8-24(18)6-5-20-17(19-3)23-7-10-26-16(13-23)15-11-21-22(4)12-15/h11-12,16H,5-10,13-14H2,1-4H3,(H,19,20). The smallest absolute Gasteiger partial charge is 0.193 e. The third-order valence-electron chi connectivity index (χ3n) is 5.16. The highest BCUT2D eigenvalue weighted by atomic mass is 16.5. The van der Waals surface area contributed by atoms with Crippen molar-refractivity contribution in [3.8, 4) is 0 Å². The van der Waals surface area contributed by atoms with E-state index in [2.05, 4.69) is 39.1 Å². The van der Waals surface area contributed by atoms with E-state index in [1.54, 1.807) is 0 Å². The lowest BCUT2D eigenvalue weighted by Gasteiger charge is -2.42. The number of hydrogen-bond donors (Lipinski definition) is 1. The fourth-order valence-corrected chi connectivity index (χ4v) is 3.59. The van der Waals surface area contributed by atoms with Gasteiger partial charge in [-0.1, -0.05) is 0 Å². The zero-order chi connectivity index (χ0) is 18.6. The van der Waals surface area contributed by atoms with Gasteiger partial charge in [-0.2, -0.15) is 5.10 Å². The van der Waals surface area contributed by atoms with E-state index in [4.69, 9.17) is 9.47 Å². The van der Waals surface area contributed by atoms with E-state index in [0.717, 1.165) is 57.5 Å². The van der Waals surface area contributed by atoms with Crippen LogP contribution in [0, 0.1) is 0 Å². The SMILES string of the molecule is CN=C(NCCN1CCOCC1(C)C)N1CCOC(c2cnn(C)c2)C1. The second kappa shape index (κ2) is 8.37. The van der Waals surface area contributed by atoms with Crippen molar-refractivity contribution < 1.29 is 9.47 Å². The van der Waals surface area contributed by atoms with Crippen molar-refractivity contribution in [3.05, 3.63) is 18.0 Å². The second-order valence-electron chi connectivity index (χ2n) is 7.58. The van der Waals surface area contributed by atoms with Crippen molar-refractivity contribution in [3.63, 3.8) is 0 Å². The van der Waals surface area contributed by atoms with Gasteiger partial charge in [0.15, 0.2) is 5.96 Å². The van der Waals surface area contributed by atoms with Crippen LogP contribution in [0.25, 0.3) is 0 Å². The Balaban J connectivity index is 1.52. The van der Waals surface area contributed by atoms with E-state index in [1.807, 2.05) is 31.2 Å². The van der Waals surface area contributed by atoms with E-state index in [1.165, 1.54) is 0 Å². The first kappa shape index (κ1) is 19.1. The van der Waals surface area contributed by atoms with Gasteiger partial charge in [0, 0.05) is 57.6 Å². The van der Waals surface area contributed by atoms with Crippen LogP contribution in [-0.2, 0) is 16.5 Å². The van der Waals surface area contributed by atoms with E-state index < -0.39 is 0 Å². The Morgan fingerprint density at radius 3 is 2.92 bits per heavy atom. The van der Waals surface area contributed by atoms with Crippen LogP contribution in [0.3, 0.4) is 0 Å². The molecule has 0 aromatic carbocycles. The number of ether oxygens (including phenoxy) is 2. The number of nitrogens with zero attached hydrogens (tertiary/aromatic N) is 5.